The molecule has 0 fully saturated rings. The summed E-state index contributed by atoms with van der Waals surface area (Å²) in [6.45, 7) is 1.79. The summed E-state index contributed by atoms with van der Waals surface area (Å²) in [6.07, 6.45) is 0. The number of thiophene rings is 2. The summed E-state index contributed by atoms with van der Waals surface area (Å²) >= 11 is 5.50. The third-order valence-corrected chi connectivity index (χ3v) is 8.23. The highest BCUT2D eigenvalue weighted by Crippen LogP contribution is 2.36. The van der Waals surface area contributed by atoms with E-state index in [4.69, 9.17) is 5.11 Å². The molecule has 0 bridgehead atoms. The summed E-state index contributed by atoms with van der Waals surface area (Å²) in [4.78, 5) is 11.9. The average molecular weight is 410 g/mol. The molecule has 0 aromatic carbocycles. The zero-order valence-corrected chi connectivity index (χ0v) is 15.1. The van der Waals surface area contributed by atoms with E-state index in [-0.39, 0.29) is 15.8 Å². The van der Waals surface area contributed by atoms with Gasteiger partial charge in [0.1, 0.15) is 9.77 Å². The molecule has 0 aliphatic carbocycles. The van der Waals surface area contributed by atoms with E-state index >= 15 is 0 Å². The molecule has 114 valence electrons. The first kappa shape index (κ1) is 16.6. The molecule has 2 aromatic rings. The van der Waals surface area contributed by atoms with Gasteiger partial charge in [-0.25, -0.2) is 13.2 Å². The number of rotatable bonds is 5. The number of carboxylic acids is 1. The lowest BCUT2D eigenvalue weighted by Gasteiger charge is -2.23. The van der Waals surface area contributed by atoms with Gasteiger partial charge in [0.05, 0.1) is 9.83 Å². The monoisotopic (exact) mass is 409 g/mol. The molecule has 2 rings (SSSR count). The predicted molar refractivity (Wildman–Crippen MR) is 86.7 cm³/mol. The van der Waals surface area contributed by atoms with Crippen molar-refractivity contribution in [1.29, 1.82) is 0 Å². The first-order valence-corrected chi connectivity index (χ1v) is 9.72. The third-order valence-electron chi connectivity index (χ3n) is 3.02. The fourth-order valence-electron chi connectivity index (χ4n) is 1.70. The third kappa shape index (κ3) is 3.21. The highest BCUT2D eigenvalue weighted by Gasteiger charge is 2.31. The molecule has 5 nitrogen and oxygen atoms in total. The molecule has 21 heavy (non-hydrogen) atoms. The summed E-state index contributed by atoms with van der Waals surface area (Å²) in [5, 5.41) is 10.9. The Morgan fingerprint density at radius 2 is 2.14 bits per heavy atom. The summed E-state index contributed by atoms with van der Waals surface area (Å²) in [7, 11) is -2.28. The highest BCUT2D eigenvalue weighted by molar-refractivity contribution is 9.11. The Hall–Kier alpha value is -0.740. The lowest BCUT2D eigenvalue weighted by molar-refractivity contribution is 0.0702. The number of carboxylic acid groups (broad SMARTS) is 1. The van der Waals surface area contributed by atoms with Crippen LogP contribution in [0.1, 0.15) is 27.5 Å². The molecule has 1 atom stereocenters. The summed E-state index contributed by atoms with van der Waals surface area (Å²) in [5.41, 5.74) is 0. The Labute approximate surface area is 139 Å². The van der Waals surface area contributed by atoms with Crippen molar-refractivity contribution in [3.8, 4) is 0 Å². The zero-order chi connectivity index (χ0) is 15.8. The number of nitrogens with zero attached hydrogens (tertiary/aromatic N) is 1. The van der Waals surface area contributed by atoms with Crippen molar-refractivity contribution in [3.05, 3.63) is 37.1 Å². The maximum absolute atomic E-state index is 12.6. The van der Waals surface area contributed by atoms with E-state index in [0.29, 0.717) is 3.79 Å². The van der Waals surface area contributed by atoms with Crippen LogP contribution in [-0.4, -0.2) is 30.8 Å². The van der Waals surface area contributed by atoms with E-state index in [1.54, 1.807) is 6.92 Å². The molecule has 0 amide bonds. The van der Waals surface area contributed by atoms with E-state index in [9.17, 15) is 13.2 Å². The molecule has 2 aromatic heterocycles. The van der Waals surface area contributed by atoms with Crippen LogP contribution in [0.4, 0.5) is 0 Å². The topological polar surface area (TPSA) is 74.7 Å². The summed E-state index contributed by atoms with van der Waals surface area (Å²) < 4.78 is 26.8. The van der Waals surface area contributed by atoms with Gasteiger partial charge in [0.2, 0.25) is 10.0 Å². The minimum atomic E-state index is -3.77. The van der Waals surface area contributed by atoms with E-state index in [1.807, 2.05) is 17.5 Å². The number of hydrogen-bond acceptors (Lipinski definition) is 5. The van der Waals surface area contributed by atoms with Crippen LogP contribution in [-0.2, 0) is 10.0 Å². The minimum Gasteiger partial charge on any atom is -0.477 e. The standard InChI is InChI=1S/C12H12BrNO4S3/c1-7(8-4-3-5-19-8)14(2)21(17,18)10-6-9(12(15)16)20-11(10)13/h3-7H,1-2H3,(H,15,16). The molecule has 2 heterocycles. The quantitative estimate of drug-likeness (QED) is 0.817. The Morgan fingerprint density at radius 1 is 1.48 bits per heavy atom. The predicted octanol–water partition coefficient (Wildman–Crippen LogP) is 3.65. The van der Waals surface area contributed by atoms with Crippen LogP contribution in [0.15, 0.2) is 32.3 Å². The van der Waals surface area contributed by atoms with Crippen LogP contribution < -0.4 is 0 Å². The SMILES string of the molecule is CC(c1cccs1)N(C)S(=O)(=O)c1cc(C(=O)O)sc1Br. The Kier molecular flexibility index (Phi) is 4.89. The zero-order valence-electron chi connectivity index (χ0n) is 11.1. The molecule has 0 saturated carbocycles. The fraction of sp³-hybridized carbons (Fsp3) is 0.250. The molecule has 0 aliphatic rings. The summed E-state index contributed by atoms with van der Waals surface area (Å²) in [5.74, 6) is -1.14. The average Bonchev–Trinajstić information content (AvgIpc) is 3.05. The van der Waals surface area contributed by atoms with Gasteiger partial charge in [-0.3, -0.25) is 0 Å². The van der Waals surface area contributed by atoms with Crippen LogP contribution in [0.3, 0.4) is 0 Å². The smallest absolute Gasteiger partial charge is 0.345 e. The van der Waals surface area contributed by atoms with Gasteiger partial charge in [0, 0.05) is 11.9 Å². The second kappa shape index (κ2) is 6.17. The molecule has 9 heteroatoms. The number of carbonyl (C=O) groups is 1. The van der Waals surface area contributed by atoms with Crippen molar-refractivity contribution in [2.75, 3.05) is 7.05 Å². The lowest BCUT2D eigenvalue weighted by atomic mass is 10.3. The minimum absolute atomic E-state index is 0.0161. The Balaban J connectivity index is 2.40. The van der Waals surface area contributed by atoms with Crippen molar-refractivity contribution >= 4 is 54.6 Å². The van der Waals surface area contributed by atoms with Crippen LogP contribution in [0.5, 0.6) is 0 Å². The number of sulfonamides is 1. The van der Waals surface area contributed by atoms with Crippen molar-refractivity contribution in [3.63, 3.8) is 0 Å². The first-order valence-electron chi connectivity index (χ1n) is 5.79. The van der Waals surface area contributed by atoms with Gasteiger partial charge in [-0.05, 0) is 40.4 Å². The number of aromatic carboxylic acids is 1. The van der Waals surface area contributed by atoms with E-state index in [0.717, 1.165) is 16.2 Å². The number of hydrogen-bond donors (Lipinski definition) is 1. The van der Waals surface area contributed by atoms with Crippen molar-refractivity contribution in [2.45, 2.75) is 17.9 Å². The van der Waals surface area contributed by atoms with Crippen LogP contribution >= 0.6 is 38.6 Å². The molecule has 0 radical (unpaired) electrons. The van der Waals surface area contributed by atoms with Gasteiger partial charge in [0.15, 0.2) is 0 Å². The summed E-state index contributed by atoms with van der Waals surface area (Å²) in [6, 6.07) is 4.59. The highest BCUT2D eigenvalue weighted by atomic mass is 79.9. The van der Waals surface area contributed by atoms with Crippen LogP contribution in [0, 0.1) is 0 Å². The molecule has 1 N–H and O–H groups in total. The Bertz CT molecular complexity index is 752. The molecular weight excluding hydrogens is 398 g/mol. The van der Waals surface area contributed by atoms with Gasteiger partial charge in [-0.15, -0.1) is 22.7 Å². The number of halogens is 1. The molecular formula is C12H12BrNO4S3. The van der Waals surface area contributed by atoms with Gasteiger partial charge in [-0.2, -0.15) is 4.31 Å². The van der Waals surface area contributed by atoms with Crippen LogP contribution in [0.25, 0.3) is 0 Å². The normalized spacial score (nSPS) is 13.5. The van der Waals surface area contributed by atoms with Gasteiger partial charge < -0.3 is 5.11 Å². The van der Waals surface area contributed by atoms with Gasteiger partial charge >= 0.3 is 5.97 Å². The maximum atomic E-state index is 12.6. The molecule has 1 unspecified atom stereocenters. The van der Waals surface area contributed by atoms with Gasteiger partial charge in [-0.1, -0.05) is 6.07 Å². The molecule has 0 aliphatic heterocycles. The van der Waals surface area contributed by atoms with Crippen LogP contribution in [0.2, 0.25) is 0 Å². The lowest BCUT2D eigenvalue weighted by Crippen LogP contribution is -2.29. The molecule has 0 spiro atoms. The van der Waals surface area contributed by atoms with E-state index in [2.05, 4.69) is 15.9 Å². The fourth-order valence-corrected chi connectivity index (χ4v) is 6.29. The van der Waals surface area contributed by atoms with E-state index < -0.39 is 16.0 Å². The Morgan fingerprint density at radius 3 is 2.62 bits per heavy atom. The second-order valence-electron chi connectivity index (χ2n) is 4.27. The van der Waals surface area contributed by atoms with Gasteiger partial charge in [0.25, 0.3) is 0 Å². The second-order valence-corrected chi connectivity index (χ2v) is 9.58. The first-order chi connectivity index (χ1) is 9.75. The largest absolute Gasteiger partial charge is 0.477 e. The van der Waals surface area contributed by atoms with Crippen molar-refractivity contribution in [2.24, 2.45) is 0 Å². The molecule has 0 saturated heterocycles. The van der Waals surface area contributed by atoms with Crippen molar-refractivity contribution in [1.82, 2.24) is 4.31 Å². The van der Waals surface area contributed by atoms with Crippen molar-refractivity contribution < 1.29 is 18.3 Å². The maximum Gasteiger partial charge on any atom is 0.345 e. The van der Waals surface area contributed by atoms with E-state index in [1.165, 1.54) is 28.8 Å².